The van der Waals surface area contributed by atoms with Crippen molar-refractivity contribution in [1.82, 2.24) is 15.3 Å². The van der Waals surface area contributed by atoms with Gasteiger partial charge < -0.3 is 25.6 Å². The first-order chi connectivity index (χ1) is 22.5. The van der Waals surface area contributed by atoms with Gasteiger partial charge in [-0.25, -0.2) is 9.37 Å². The number of carbonyl (C=O) groups is 2. The molecule has 1 aliphatic carbocycles. The van der Waals surface area contributed by atoms with Crippen molar-refractivity contribution in [2.45, 2.75) is 36.2 Å². The van der Waals surface area contributed by atoms with Gasteiger partial charge in [0.25, 0.3) is 5.91 Å². The molecule has 0 radical (unpaired) electrons. The van der Waals surface area contributed by atoms with Gasteiger partial charge >= 0.3 is 12.4 Å². The van der Waals surface area contributed by atoms with E-state index < -0.39 is 64.4 Å². The van der Waals surface area contributed by atoms with Crippen LogP contribution in [0.2, 0.25) is 0 Å². The van der Waals surface area contributed by atoms with Crippen molar-refractivity contribution in [3.05, 3.63) is 82.9 Å². The van der Waals surface area contributed by atoms with Gasteiger partial charge in [0.15, 0.2) is 0 Å². The third kappa shape index (κ3) is 5.42. The second-order valence-corrected chi connectivity index (χ2v) is 11.7. The normalized spacial score (nSPS) is 18.9. The molecule has 48 heavy (non-hydrogen) atoms. The van der Waals surface area contributed by atoms with Crippen molar-refractivity contribution in [2.24, 2.45) is 11.7 Å². The Morgan fingerprint density at radius 3 is 2.35 bits per heavy atom. The lowest BCUT2D eigenvalue weighted by Crippen LogP contribution is -2.52. The van der Waals surface area contributed by atoms with E-state index >= 15 is 0 Å². The van der Waals surface area contributed by atoms with Crippen LogP contribution in [0.3, 0.4) is 0 Å². The lowest BCUT2D eigenvalue weighted by Gasteiger charge is -2.32. The third-order valence-corrected chi connectivity index (χ3v) is 8.68. The van der Waals surface area contributed by atoms with E-state index in [0.29, 0.717) is 25.1 Å². The molecule has 2 aliphatic rings. The Balaban J connectivity index is 1.43. The van der Waals surface area contributed by atoms with Crippen molar-refractivity contribution in [3.8, 4) is 22.8 Å². The molecule has 1 fully saturated rings. The summed E-state index contributed by atoms with van der Waals surface area (Å²) in [6, 6.07) is 8.16. The number of carbonyl (C=O) groups excluding carboxylic acids is 2. The second kappa shape index (κ2) is 11.3. The Kier molecular flexibility index (Phi) is 7.76. The van der Waals surface area contributed by atoms with E-state index in [1.807, 2.05) is 5.32 Å². The van der Waals surface area contributed by atoms with Crippen molar-refractivity contribution in [3.63, 3.8) is 0 Å². The van der Waals surface area contributed by atoms with E-state index in [0.717, 1.165) is 37.4 Å². The van der Waals surface area contributed by atoms with Gasteiger partial charge in [0.1, 0.15) is 40.5 Å². The first-order valence-corrected chi connectivity index (χ1v) is 14.4. The number of amides is 2. The average Bonchev–Trinajstić information content (AvgIpc) is 3.81. The minimum Gasteiger partial charge on any atom is -0.494 e. The zero-order chi connectivity index (χ0) is 34.8. The lowest BCUT2D eigenvalue weighted by atomic mass is 9.76. The molecule has 1 aliphatic heterocycles. The first-order valence-electron chi connectivity index (χ1n) is 14.4. The first kappa shape index (κ1) is 32.9. The molecule has 4 aromatic rings. The summed E-state index contributed by atoms with van der Waals surface area (Å²) in [5.41, 5.74) is -2.37. The van der Waals surface area contributed by atoms with Crippen molar-refractivity contribution >= 4 is 22.7 Å². The summed E-state index contributed by atoms with van der Waals surface area (Å²) in [5.74, 6) is -3.26. The van der Waals surface area contributed by atoms with E-state index in [2.05, 4.69) is 9.97 Å². The average molecular weight is 679 g/mol. The number of aliphatic hydroxyl groups is 1. The van der Waals surface area contributed by atoms with Crippen LogP contribution in [0.5, 0.6) is 11.5 Å². The number of methoxy groups -OCH3 is 1. The van der Waals surface area contributed by atoms with Crippen LogP contribution in [0.4, 0.5) is 30.7 Å². The number of fused-ring (bicyclic) bond motifs is 2. The van der Waals surface area contributed by atoms with Crippen LogP contribution in [0.15, 0.2) is 54.7 Å². The number of primary amides is 1. The maximum atomic E-state index is 14.8. The maximum absolute atomic E-state index is 14.8. The van der Waals surface area contributed by atoms with E-state index in [4.69, 9.17) is 15.2 Å². The number of nitrogens with two attached hydrogens (primary N) is 1. The van der Waals surface area contributed by atoms with Crippen molar-refractivity contribution < 1.29 is 54.9 Å². The molecule has 0 saturated heterocycles. The fourth-order valence-corrected chi connectivity index (χ4v) is 5.91. The van der Waals surface area contributed by atoms with Crippen LogP contribution in [0.1, 0.15) is 40.0 Å². The number of benzene rings is 2. The molecule has 0 spiro atoms. The molecule has 0 bridgehead atoms. The molecule has 6 rings (SSSR count). The molecule has 4 N–H and O–H groups in total. The molecular formula is C32H25F7N4O5. The standard InChI is InChI=1S/C32H25F7N4O5/c1-47-22-10-17(8-16-9-19(31(34,35)36)12-41-24(16)22)27(44)42-13-30(46,32(37,38)39)23-11-21-26(25(43-23)15-2-6-20(33)7-3-15)48-14-29(21,28(40)45)18-4-5-18/h2-3,6-12,18,46H,4-5,13-14H2,1H3,(H2,40,45)(H,42,44)/t29-,30?/m1/s1. The summed E-state index contributed by atoms with van der Waals surface area (Å²) in [6.07, 6.45) is -8.63. The fraction of sp³-hybridized carbons (Fsp3) is 0.312. The zero-order valence-corrected chi connectivity index (χ0v) is 24.8. The van der Waals surface area contributed by atoms with Gasteiger partial charge in [-0.1, -0.05) is 0 Å². The molecule has 1 saturated carbocycles. The molecule has 2 aromatic carbocycles. The van der Waals surface area contributed by atoms with E-state index in [-0.39, 0.29) is 51.7 Å². The highest BCUT2D eigenvalue weighted by molar-refractivity contribution is 6.00. The minimum absolute atomic E-state index is 0.0388. The summed E-state index contributed by atoms with van der Waals surface area (Å²) < 4.78 is 109. The number of ether oxygens (including phenoxy) is 2. The highest BCUT2D eigenvalue weighted by atomic mass is 19.4. The summed E-state index contributed by atoms with van der Waals surface area (Å²) >= 11 is 0. The smallest absolute Gasteiger partial charge is 0.424 e. The maximum Gasteiger partial charge on any atom is 0.424 e. The zero-order valence-electron chi connectivity index (χ0n) is 24.8. The SMILES string of the molecule is COc1cc(C(=O)NCC(O)(c2cc3c(c(-c4ccc(F)cc4)n2)OC[C@@]3(C(N)=O)C2CC2)C(F)(F)F)cc2cc(C(F)(F)F)cnc12. The predicted octanol–water partition coefficient (Wildman–Crippen LogP) is 5.17. The van der Waals surface area contributed by atoms with Gasteiger partial charge in [-0.05, 0) is 67.3 Å². The fourth-order valence-electron chi connectivity index (χ4n) is 5.91. The number of aromatic nitrogens is 2. The number of halogens is 7. The Labute approximate surface area is 266 Å². The molecular weight excluding hydrogens is 653 g/mol. The lowest BCUT2D eigenvalue weighted by molar-refractivity contribution is -0.265. The van der Waals surface area contributed by atoms with Gasteiger partial charge in [0, 0.05) is 28.3 Å². The summed E-state index contributed by atoms with van der Waals surface area (Å²) in [7, 11) is 1.16. The number of pyridine rings is 2. The van der Waals surface area contributed by atoms with Crippen molar-refractivity contribution in [2.75, 3.05) is 20.3 Å². The minimum atomic E-state index is -5.48. The Hall–Kier alpha value is -4.99. The molecule has 3 heterocycles. The van der Waals surface area contributed by atoms with Crippen LogP contribution in [0, 0.1) is 11.7 Å². The molecule has 2 atom stereocenters. The van der Waals surface area contributed by atoms with Crippen LogP contribution in [-0.2, 0) is 22.0 Å². The predicted molar refractivity (Wildman–Crippen MR) is 154 cm³/mol. The second-order valence-electron chi connectivity index (χ2n) is 11.7. The number of alkyl halides is 6. The largest absolute Gasteiger partial charge is 0.494 e. The van der Waals surface area contributed by atoms with Crippen molar-refractivity contribution in [1.29, 1.82) is 0 Å². The Morgan fingerprint density at radius 1 is 1.08 bits per heavy atom. The van der Waals surface area contributed by atoms with Gasteiger partial charge in [0.2, 0.25) is 11.5 Å². The number of rotatable bonds is 8. The molecule has 9 nitrogen and oxygen atoms in total. The number of hydrogen-bond donors (Lipinski definition) is 3. The highest BCUT2D eigenvalue weighted by Crippen LogP contribution is 2.56. The number of nitrogens with zero attached hydrogens (tertiary/aromatic N) is 2. The third-order valence-electron chi connectivity index (χ3n) is 8.68. The number of hydrogen-bond acceptors (Lipinski definition) is 7. The summed E-state index contributed by atoms with van der Waals surface area (Å²) in [6.45, 7) is -1.81. The highest BCUT2D eigenvalue weighted by Gasteiger charge is 2.60. The van der Waals surface area contributed by atoms with Gasteiger partial charge in [-0.15, -0.1) is 0 Å². The monoisotopic (exact) mass is 678 g/mol. The molecule has 16 heteroatoms. The van der Waals surface area contributed by atoms with Gasteiger partial charge in [0.05, 0.1) is 24.9 Å². The molecule has 2 aromatic heterocycles. The van der Waals surface area contributed by atoms with Crippen LogP contribution in [-0.4, -0.2) is 53.3 Å². The van der Waals surface area contributed by atoms with Crippen LogP contribution >= 0.6 is 0 Å². The van der Waals surface area contributed by atoms with Crippen LogP contribution < -0.4 is 20.5 Å². The topological polar surface area (TPSA) is 137 Å². The molecule has 2 amide bonds. The van der Waals surface area contributed by atoms with Gasteiger partial charge in [-0.3, -0.25) is 14.6 Å². The van der Waals surface area contributed by atoms with Crippen LogP contribution in [0.25, 0.3) is 22.2 Å². The molecule has 252 valence electrons. The Morgan fingerprint density at radius 2 is 1.77 bits per heavy atom. The van der Waals surface area contributed by atoms with E-state index in [1.54, 1.807) is 0 Å². The quantitative estimate of drug-likeness (QED) is 0.219. The van der Waals surface area contributed by atoms with Gasteiger partial charge in [-0.2, -0.15) is 26.3 Å². The Bertz CT molecular complexity index is 1950. The summed E-state index contributed by atoms with van der Waals surface area (Å²) in [5, 5.41) is 13.2. The molecule has 1 unspecified atom stereocenters. The van der Waals surface area contributed by atoms with E-state index in [1.165, 1.54) is 12.1 Å². The summed E-state index contributed by atoms with van der Waals surface area (Å²) in [4.78, 5) is 33.9. The number of nitrogens with one attached hydrogen (secondary N) is 1. The van der Waals surface area contributed by atoms with E-state index in [9.17, 15) is 45.4 Å².